The molecule has 5 heteroatoms. The molecule has 5 nitrogen and oxygen atoms in total. The van der Waals surface area contributed by atoms with Crippen LogP contribution in [-0.2, 0) is 10.2 Å². The lowest BCUT2D eigenvalue weighted by Crippen LogP contribution is -2.40. The van der Waals surface area contributed by atoms with E-state index in [2.05, 4.69) is 13.8 Å². The molecule has 1 aromatic rings. The SMILES string of the molecule is CC(C)(CN)c1ccc2c(c1)N(CCO)C(=O)CO2. The monoisotopic (exact) mass is 264 g/mol. The summed E-state index contributed by atoms with van der Waals surface area (Å²) in [6, 6.07) is 5.76. The van der Waals surface area contributed by atoms with Crippen LogP contribution in [0.3, 0.4) is 0 Å². The molecule has 19 heavy (non-hydrogen) atoms. The molecule has 0 unspecified atom stereocenters. The molecular formula is C14H20N2O3. The third kappa shape index (κ3) is 2.57. The third-order valence-electron chi connectivity index (χ3n) is 3.52. The predicted molar refractivity (Wildman–Crippen MR) is 73.5 cm³/mol. The van der Waals surface area contributed by atoms with Gasteiger partial charge in [0.15, 0.2) is 6.61 Å². The average molecular weight is 264 g/mol. The van der Waals surface area contributed by atoms with Gasteiger partial charge in [0.1, 0.15) is 5.75 Å². The molecule has 0 saturated heterocycles. The molecular weight excluding hydrogens is 244 g/mol. The van der Waals surface area contributed by atoms with Crippen LogP contribution in [0.15, 0.2) is 18.2 Å². The van der Waals surface area contributed by atoms with Crippen molar-refractivity contribution in [3.05, 3.63) is 23.8 Å². The predicted octanol–water partition coefficient (Wildman–Crippen LogP) is 0.641. The van der Waals surface area contributed by atoms with Crippen molar-refractivity contribution in [2.75, 3.05) is 31.2 Å². The maximum Gasteiger partial charge on any atom is 0.265 e. The Bertz CT molecular complexity index is 486. The van der Waals surface area contributed by atoms with Gasteiger partial charge in [-0.1, -0.05) is 19.9 Å². The summed E-state index contributed by atoms with van der Waals surface area (Å²) in [5.74, 6) is 0.536. The summed E-state index contributed by atoms with van der Waals surface area (Å²) in [6.45, 7) is 4.85. The van der Waals surface area contributed by atoms with Crippen molar-refractivity contribution in [2.45, 2.75) is 19.3 Å². The summed E-state index contributed by atoms with van der Waals surface area (Å²) in [5.41, 5.74) is 7.38. The molecule has 0 saturated carbocycles. The first kappa shape index (κ1) is 13.8. The van der Waals surface area contributed by atoms with Crippen LogP contribution >= 0.6 is 0 Å². The number of ether oxygens (including phenoxy) is 1. The number of fused-ring (bicyclic) bond motifs is 1. The second kappa shape index (κ2) is 5.19. The summed E-state index contributed by atoms with van der Waals surface area (Å²) in [5, 5.41) is 9.08. The lowest BCUT2D eigenvalue weighted by molar-refractivity contribution is -0.121. The van der Waals surface area contributed by atoms with E-state index >= 15 is 0 Å². The van der Waals surface area contributed by atoms with Crippen molar-refractivity contribution in [3.63, 3.8) is 0 Å². The van der Waals surface area contributed by atoms with Crippen molar-refractivity contribution in [2.24, 2.45) is 5.73 Å². The van der Waals surface area contributed by atoms with E-state index in [0.29, 0.717) is 18.0 Å². The van der Waals surface area contributed by atoms with E-state index < -0.39 is 0 Å². The first-order chi connectivity index (χ1) is 8.99. The van der Waals surface area contributed by atoms with Crippen molar-refractivity contribution in [1.82, 2.24) is 0 Å². The van der Waals surface area contributed by atoms with Gasteiger partial charge in [0.25, 0.3) is 5.91 Å². The van der Waals surface area contributed by atoms with E-state index in [1.54, 1.807) is 4.90 Å². The highest BCUT2D eigenvalue weighted by atomic mass is 16.5. The molecule has 1 aromatic carbocycles. The van der Waals surface area contributed by atoms with Gasteiger partial charge in [0, 0.05) is 18.5 Å². The molecule has 1 aliphatic heterocycles. The van der Waals surface area contributed by atoms with E-state index in [4.69, 9.17) is 15.6 Å². The molecule has 0 radical (unpaired) electrons. The zero-order valence-corrected chi connectivity index (χ0v) is 11.3. The number of hydrogen-bond donors (Lipinski definition) is 2. The van der Waals surface area contributed by atoms with Crippen molar-refractivity contribution in [1.29, 1.82) is 0 Å². The fourth-order valence-corrected chi connectivity index (χ4v) is 2.09. The third-order valence-corrected chi connectivity index (χ3v) is 3.52. The molecule has 0 aliphatic carbocycles. The number of rotatable bonds is 4. The van der Waals surface area contributed by atoms with Gasteiger partial charge in [-0.15, -0.1) is 0 Å². The second-order valence-electron chi connectivity index (χ2n) is 5.33. The molecule has 1 amide bonds. The van der Waals surface area contributed by atoms with Gasteiger partial charge in [-0.3, -0.25) is 4.79 Å². The molecule has 0 fully saturated rings. The van der Waals surface area contributed by atoms with E-state index in [-0.39, 0.29) is 31.1 Å². The molecule has 0 spiro atoms. The number of anilines is 1. The number of benzene rings is 1. The Labute approximate surface area is 113 Å². The highest BCUT2D eigenvalue weighted by Gasteiger charge is 2.27. The number of nitrogens with two attached hydrogens (primary N) is 1. The first-order valence-corrected chi connectivity index (χ1v) is 6.38. The number of aliphatic hydroxyl groups is 1. The lowest BCUT2D eigenvalue weighted by Gasteiger charge is -2.31. The van der Waals surface area contributed by atoms with Crippen LogP contribution in [0.25, 0.3) is 0 Å². The minimum Gasteiger partial charge on any atom is -0.482 e. The van der Waals surface area contributed by atoms with Crippen LogP contribution < -0.4 is 15.4 Å². The van der Waals surface area contributed by atoms with Gasteiger partial charge in [-0.05, 0) is 17.7 Å². The molecule has 2 rings (SSSR count). The number of carbonyl (C=O) groups excluding carboxylic acids is 1. The Morgan fingerprint density at radius 2 is 2.21 bits per heavy atom. The Morgan fingerprint density at radius 1 is 1.47 bits per heavy atom. The van der Waals surface area contributed by atoms with Gasteiger partial charge in [0.2, 0.25) is 0 Å². The van der Waals surface area contributed by atoms with E-state index in [9.17, 15) is 4.79 Å². The minimum absolute atomic E-state index is 0.0205. The van der Waals surface area contributed by atoms with Gasteiger partial charge in [-0.2, -0.15) is 0 Å². The zero-order valence-electron chi connectivity index (χ0n) is 11.3. The van der Waals surface area contributed by atoms with Gasteiger partial charge >= 0.3 is 0 Å². The highest BCUT2D eigenvalue weighted by molar-refractivity contribution is 5.97. The number of β-amino-alcohol motifs (C(OH)–C–C–N with tert-alkyl or cyclic N) is 1. The van der Waals surface area contributed by atoms with E-state index in [1.165, 1.54) is 0 Å². The van der Waals surface area contributed by atoms with Crippen LogP contribution in [0.1, 0.15) is 19.4 Å². The molecule has 0 atom stereocenters. The maximum atomic E-state index is 11.8. The van der Waals surface area contributed by atoms with Crippen LogP contribution in [0.5, 0.6) is 5.75 Å². The van der Waals surface area contributed by atoms with Gasteiger partial charge < -0.3 is 20.5 Å². The highest BCUT2D eigenvalue weighted by Crippen LogP contribution is 2.36. The first-order valence-electron chi connectivity index (χ1n) is 6.38. The largest absolute Gasteiger partial charge is 0.482 e. The van der Waals surface area contributed by atoms with Crippen molar-refractivity contribution in [3.8, 4) is 5.75 Å². The maximum absolute atomic E-state index is 11.8. The minimum atomic E-state index is -0.166. The Kier molecular flexibility index (Phi) is 3.78. The number of amides is 1. The molecule has 1 heterocycles. The summed E-state index contributed by atoms with van der Waals surface area (Å²) in [4.78, 5) is 13.4. The van der Waals surface area contributed by atoms with Crippen LogP contribution in [0.4, 0.5) is 5.69 Å². The second-order valence-corrected chi connectivity index (χ2v) is 5.33. The fourth-order valence-electron chi connectivity index (χ4n) is 2.09. The van der Waals surface area contributed by atoms with Gasteiger partial charge in [-0.25, -0.2) is 0 Å². The van der Waals surface area contributed by atoms with Crippen LogP contribution in [0.2, 0.25) is 0 Å². The molecule has 0 aromatic heterocycles. The van der Waals surface area contributed by atoms with E-state index in [1.807, 2.05) is 18.2 Å². The normalized spacial score (nSPS) is 15.2. The van der Waals surface area contributed by atoms with Crippen LogP contribution in [0, 0.1) is 0 Å². The Hall–Kier alpha value is -1.59. The van der Waals surface area contributed by atoms with Crippen LogP contribution in [-0.4, -0.2) is 37.3 Å². The number of nitrogens with zero attached hydrogens (tertiary/aromatic N) is 1. The smallest absolute Gasteiger partial charge is 0.265 e. The summed E-state index contributed by atoms with van der Waals surface area (Å²) in [6.07, 6.45) is 0. The summed E-state index contributed by atoms with van der Waals surface area (Å²) in [7, 11) is 0. The lowest BCUT2D eigenvalue weighted by atomic mass is 9.84. The standard InChI is InChI=1S/C14H20N2O3/c1-14(2,9-15)10-3-4-12-11(7-10)16(5-6-17)13(18)8-19-12/h3-4,7,17H,5-6,8-9,15H2,1-2H3. The topological polar surface area (TPSA) is 75.8 Å². The average Bonchev–Trinajstić information content (AvgIpc) is 2.41. The molecule has 1 aliphatic rings. The Morgan fingerprint density at radius 3 is 2.84 bits per heavy atom. The quantitative estimate of drug-likeness (QED) is 0.837. The number of hydrogen-bond acceptors (Lipinski definition) is 4. The summed E-state index contributed by atoms with van der Waals surface area (Å²) >= 11 is 0. The Balaban J connectivity index is 2.44. The van der Waals surface area contributed by atoms with Crippen molar-refractivity contribution < 1.29 is 14.6 Å². The number of aliphatic hydroxyl groups excluding tert-OH is 1. The molecule has 104 valence electrons. The molecule has 0 bridgehead atoms. The zero-order chi connectivity index (χ0) is 14.0. The van der Waals surface area contributed by atoms with E-state index in [0.717, 1.165) is 5.56 Å². The summed E-state index contributed by atoms with van der Waals surface area (Å²) < 4.78 is 5.41. The fraction of sp³-hybridized carbons (Fsp3) is 0.500. The van der Waals surface area contributed by atoms with Gasteiger partial charge in [0.05, 0.1) is 12.3 Å². The molecule has 3 N–H and O–H groups in total. The van der Waals surface area contributed by atoms with Crippen molar-refractivity contribution >= 4 is 11.6 Å². The number of carbonyl (C=O) groups is 1.